The zero-order valence-corrected chi connectivity index (χ0v) is 11.8. The number of benzene rings is 1. The summed E-state index contributed by atoms with van der Waals surface area (Å²) in [7, 11) is 0. The van der Waals surface area contributed by atoms with Crippen molar-refractivity contribution in [1.82, 2.24) is 9.78 Å². The van der Waals surface area contributed by atoms with Crippen molar-refractivity contribution >= 4 is 0 Å². The van der Waals surface area contributed by atoms with E-state index in [1.54, 1.807) is 0 Å². The highest BCUT2D eigenvalue weighted by Gasteiger charge is 2.12. The van der Waals surface area contributed by atoms with Crippen LogP contribution in [0.3, 0.4) is 0 Å². The third-order valence-corrected chi connectivity index (χ3v) is 2.97. The van der Waals surface area contributed by atoms with Crippen molar-refractivity contribution < 1.29 is 13.9 Å². The first kappa shape index (κ1) is 15.3. The second-order valence-corrected chi connectivity index (χ2v) is 5.22. The molecule has 4 nitrogen and oxygen atoms in total. The highest BCUT2D eigenvalue weighted by Crippen LogP contribution is 2.19. The van der Waals surface area contributed by atoms with E-state index in [2.05, 4.69) is 5.10 Å². The number of aliphatic hydroxyl groups is 1. The number of aliphatic hydroxyl groups excluding tert-OH is 1. The highest BCUT2D eigenvalue weighted by atomic mass is 19.2. The monoisotopic (exact) mass is 294 g/mol. The fourth-order valence-electron chi connectivity index (χ4n) is 1.98. The number of halogens is 2. The number of rotatable bonds is 4. The molecule has 0 bridgehead atoms. The molecule has 0 amide bonds. The minimum absolute atomic E-state index is 0.172. The van der Waals surface area contributed by atoms with Gasteiger partial charge in [0.05, 0.1) is 12.3 Å². The van der Waals surface area contributed by atoms with Crippen molar-refractivity contribution in [2.45, 2.75) is 27.0 Å². The van der Waals surface area contributed by atoms with E-state index in [-0.39, 0.29) is 17.0 Å². The highest BCUT2D eigenvalue weighted by molar-refractivity contribution is 5.59. The first-order valence-corrected chi connectivity index (χ1v) is 6.59. The molecule has 112 valence electrons. The third-order valence-electron chi connectivity index (χ3n) is 2.97. The molecule has 1 aromatic carbocycles. The van der Waals surface area contributed by atoms with E-state index in [0.717, 1.165) is 12.1 Å². The molecule has 0 atom stereocenters. The molecule has 0 aliphatic carbocycles. The Labute approximate surface area is 120 Å². The SMILES string of the molecule is CC(C)Cn1nc(-c2ccc(F)c(F)c2)cc(CO)c1=O. The molecule has 1 heterocycles. The third kappa shape index (κ3) is 3.33. The van der Waals surface area contributed by atoms with Gasteiger partial charge in [0, 0.05) is 17.7 Å². The van der Waals surface area contributed by atoms with Crippen LogP contribution in [0.25, 0.3) is 11.3 Å². The molecule has 0 spiro atoms. The normalized spacial score (nSPS) is 11.1. The van der Waals surface area contributed by atoms with Crippen molar-refractivity contribution in [3.63, 3.8) is 0 Å². The lowest BCUT2D eigenvalue weighted by atomic mass is 10.1. The standard InChI is InChI=1S/C15H16F2N2O2/c1-9(2)7-19-15(21)11(8-20)6-14(18-19)10-3-4-12(16)13(17)5-10/h3-6,9,20H,7-8H2,1-2H3. The summed E-state index contributed by atoms with van der Waals surface area (Å²) in [5, 5.41) is 13.4. The van der Waals surface area contributed by atoms with Crippen molar-refractivity contribution in [3.05, 3.63) is 51.8 Å². The van der Waals surface area contributed by atoms with Crippen LogP contribution in [-0.4, -0.2) is 14.9 Å². The molecule has 0 aliphatic heterocycles. The molecular weight excluding hydrogens is 278 g/mol. The van der Waals surface area contributed by atoms with E-state index in [1.807, 2.05) is 13.8 Å². The van der Waals surface area contributed by atoms with Gasteiger partial charge < -0.3 is 5.11 Å². The van der Waals surface area contributed by atoms with Crippen LogP contribution in [0.4, 0.5) is 8.78 Å². The minimum Gasteiger partial charge on any atom is -0.391 e. The van der Waals surface area contributed by atoms with Crippen molar-refractivity contribution in [2.75, 3.05) is 0 Å². The smallest absolute Gasteiger partial charge is 0.272 e. The maximum absolute atomic E-state index is 13.3. The molecule has 0 unspecified atom stereocenters. The van der Waals surface area contributed by atoms with E-state index in [0.29, 0.717) is 17.8 Å². The van der Waals surface area contributed by atoms with Gasteiger partial charge in [-0.3, -0.25) is 4.79 Å². The summed E-state index contributed by atoms with van der Waals surface area (Å²) < 4.78 is 27.5. The largest absolute Gasteiger partial charge is 0.391 e. The van der Waals surface area contributed by atoms with Crippen LogP contribution in [0.2, 0.25) is 0 Å². The van der Waals surface area contributed by atoms with Crippen LogP contribution in [0.5, 0.6) is 0 Å². The number of nitrogens with zero attached hydrogens (tertiary/aromatic N) is 2. The van der Waals surface area contributed by atoms with E-state index in [1.165, 1.54) is 16.8 Å². The Balaban J connectivity index is 2.57. The lowest BCUT2D eigenvalue weighted by Gasteiger charge is -2.11. The van der Waals surface area contributed by atoms with Crippen LogP contribution < -0.4 is 5.56 Å². The lowest BCUT2D eigenvalue weighted by molar-refractivity contribution is 0.277. The minimum atomic E-state index is -0.985. The fourth-order valence-corrected chi connectivity index (χ4v) is 1.98. The predicted octanol–water partition coefficient (Wildman–Crippen LogP) is 2.34. The van der Waals surface area contributed by atoms with Crippen molar-refractivity contribution in [1.29, 1.82) is 0 Å². The number of aromatic nitrogens is 2. The van der Waals surface area contributed by atoms with Gasteiger partial charge in [-0.25, -0.2) is 13.5 Å². The number of hydrogen-bond acceptors (Lipinski definition) is 3. The van der Waals surface area contributed by atoms with Crippen LogP contribution in [-0.2, 0) is 13.2 Å². The Hall–Kier alpha value is -2.08. The second-order valence-electron chi connectivity index (χ2n) is 5.22. The summed E-state index contributed by atoms with van der Waals surface area (Å²) >= 11 is 0. The Morgan fingerprint density at radius 1 is 1.24 bits per heavy atom. The number of hydrogen-bond donors (Lipinski definition) is 1. The average molecular weight is 294 g/mol. The topological polar surface area (TPSA) is 55.1 Å². The molecule has 0 saturated carbocycles. The zero-order chi connectivity index (χ0) is 15.6. The summed E-state index contributed by atoms with van der Waals surface area (Å²) in [4.78, 5) is 12.0. The Bertz CT molecular complexity index is 711. The van der Waals surface area contributed by atoms with Gasteiger partial charge in [0.15, 0.2) is 11.6 Å². The molecular formula is C15H16F2N2O2. The fraction of sp³-hybridized carbons (Fsp3) is 0.333. The van der Waals surface area contributed by atoms with Crippen LogP contribution in [0.15, 0.2) is 29.1 Å². The predicted molar refractivity (Wildman–Crippen MR) is 74.6 cm³/mol. The van der Waals surface area contributed by atoms with E-state index in [9.17, 15) is 18.7 Å². The molecule has 21 heavy (non-hydrogen) atoms. The van der Waals surface area contributed by atoms with E-state index >= 15 is 0 Å². The summed E-state index contributed by atoms with van der Waals surface area (Å²) in [6.07, 6.45) is 0. The lowest BCUT2D eigenvalue weighted by Crippen LogP contribution is -2.28. The maximum Gasteiger partial charge on any atom is 0.272 e. The first-order chi connectivity index (χ1) is 9.92. The average Bonchev–Trinajstić information content (AvgIpc) is 2.43. The Kier molecular flexibility index (Phi) is 4.47. The molecule has 2 rings (SSSR count). The Morgan fingerprint density at radius 2 is 1.95 bits per heavy atom. The zero-order valence-electron chi connectivity index (χ0n) is 11.8. The molecule has 2 aromatic rings. The van der Waals surface area contributed by atoms with Gasteiger partial charge in [-0.05, 0) is 30.2 Å². The summed E-state index contributed by atoms with van der Waals surface area (Å²) in [5.74, 6) is -1.75. The Morgan fingerprint density at radius 3 is 2.52 bits per heavy atom. The van der Waals surface area contributed by atoms with Gasteiger partial charge in [0.25, 0.3) is 5.56 Å². The van der Waals surface area contributed by atoms with Crippen molar-refractivity contribution in [3.8, 4) is 11.3 Å². The molecule has 1 N–H and O–H groups in total. The molecule has 0 radical (unpaired) electrons. The van der Waals surface area contributed by atoms with Gasteiger partial charge in [-0.2, -0.15) is 5.10 Å². The molecule has 0 aliphatic rings. The molecule has 6 heteroatoms. The van der Waals surface area contributed by atoms with Gasteiger partial charge in [-0.1, -0.05) is 13.8 Å². The summed E-state index contributed by atoms with van der Waals surface area (Å²) in [6.45, 7) is 3.80. The van der Waals surface area contributed by atoms with E-state index in [4.69, 9.17) is 0 Å². The quantitative estimate of drug-likeness (QED) is 0.941. The maximum atomic E-state index is 13.3. The van der Waals surface area contributed by atoms with Gasteiger partial charge >= 0.3 is 0 Å². The van der Waals surface area contributed by atoms with Gasteiger partial charge in [-0.15, -0.1) is 0 Å². The summed E-state index contributed by atoms with van der Waals surface area (Å²) in [6, 6.07) is 4.80. The molecule has 0 saturated heterocycles. The first-order valence-electron chi connectivity index (χ1n) is 6.59. The van der Waals surface area contributed by atoms with Crippen LogP contribution in [0, 0.1) is 17.6 Å². The van der Waals surface area contributed by atoms with Gasteiger partial charge in [0.1, 0.15) is 0 Å². The summed E-state index contributed by atoms with van der Waals surface area (Å²) in [5.41, 5.74) is 0.460. The molecule has 1 aromatic heterocycles. The van der Waals surface area contributed by atoms with Gasteiger partial charge in [0.2, 0.25) is 0 Å². The van der Waals surface area contributed by atoms with Crippen molar-refractivity contribution in [2.24, 2.45) is 5.92 Å². The van der Waals surface area contributed by atoms with Crippen LogP contribution in [0.1, 0.15) is 19.4 Å². The van der Waals surface area contributed by atoms with E-state index < -0.39 is 18.2 Å². The second kappa shape index (κ2) is 6.13. The molecule has 0 fully saturated rings. The van der Waals surface area contributed by atoms with Crippen LogP contribution >= 0.6 is 0 Å².